The maximum atomic E-state index is 3.72. The van der Waals surface area contributed by atoms with Crippen LogP contribution in [0.4, 0.5) is 0 Å². The Bertz CT molecular complexity index is 1220. The van der Waals surface area contributed by atoms with Crippen molar-refractivity contribution in [2.75, 3.05) is 26.2 Å². The molecule has 0 bridgehead atoms. The molecule has 174 valence electrons. The summed E-state index contributed by atoms with van der Waals surface area (Å²) >= 11 is 0. The van der Waals surface area contributed by atoms with Crippen molar-refractivity contribution >= 4 is 21.8 Å². The fourth-order valence-corrected chi connectivity index (χ4v) is 5.55. The molecule has 1 aliphatic rings. The van der Waals surface area contributed by atoms with Gasteiger partial charge in [-0.1, -0.05) is 0 Å². The molecule has 33 heavy (non-hydrogen) atoms. The second kappa shape index (κ2) is 8.66. The van der Waals surface area contributed by atoms with Gasteiger partial charge in [-0.05, 0) is 119 Å². The average molecular weight is 443 g/mol. The van der Waals surface area contributed by atoms with Crippen LogP contribution in [0.5, 0.6) is 0 Å². The van der Waals surface area contributed by atoms with Crippen molar-refractivity contribution in [1.29, 1.82) is 0 Å². The Kier molecular flexibility index (Phi) is 5.84. The van der Waals surface area contributed by atoms with Crippen LogP contribution in [-0.4, -0.2) is 45.9 Å². The Morgan fingerprint density at radius 2 is 1.00 bits per heavy atom. The third kappa shape index (κ3) is 4.22. The molecule has 4 heteroatoms. The molecule has 1 fully saturated rings. The van der Waals surface area contributed by atoms with Crippen LogP contribution in [0.2, 0.25) is 0 Å². The average Bonchev–Trinajstić information content (AvgIpc) is 3.29. The highest BCUT2D eigenvalue weighted by Crippen LogP contribution is 2.27. The normalized spacial score (nSPS) is 16.2. The van der Waals surface area contributed by atoms with Crippen LogP contribution in [0.3, 0.4) is 0 Å². The molecule has 0 aliphatic carbocycles. The van der Waals surface area contributed by atoms with E-state index in [9.17, 15) is 0 Å². The predicted octanol–water partition coefficient (Wildman–Crippen LogP) is 6.21. The maximum Gasteiger partial charge on any atom is 0.0489 e. The molecule has 2 N–H and O–H groups in total. The van der Waals surface area contributed by atoms with E-state index in [0.29, 0.717) is 0 Å². The molecule has 5 rings (SSSR count). The van der Waals surface area contributed by atoms with E-state index in [1.165, 1.54) is 73.0 Å². The number of aromatic nitrogens is 2. The predicted molar refractivity (Wildman–Crippen MR) is 140 cm³/mol. The zero-order valence-electron chi connectivity index (χ0n) is 21.2. The highest BCUT2D eigenvalue weighted by molar-refractivity contribution is 5.86. The minimum atomic E-state index is 1.00. The number of hydrogen-bond acceptors (Lipinski definition) is 2. The first kappa shape index (κ1) is 22.2. The first-order chi connectivity index (χ1) is 15.8. The van der Waals surface area contributed by atoms with Crippen LogP contribution >= 0.6 is 0 Å². The van der Waals surface area contributed by atoms with Crippen molar-refractivity contribution < 1.29 is 0 Å². The molecule has 0 amide bonds. The summed E-state index contributed by atoms with van der Waals surface area (Å²) in [6.45, 7) is 19.9. The number of rotatable bonds is 4. The molecule has 1 saturated heterocycles. The Morgan fingerprint density at radius 3 is 1.42 bits per heavy atom. The van der Waals surface area contributed by atoms with Crippen LogP contribution in [0, 0.1) is 41.5 Å². The van der Waals surface area contributed by atoms with Gasteiger partial charge in [0.1, 0.15) is 0 Å². The van der Waals surface area contributed by atoms with Crippen molar-refractivity contribution in [3.05, 3.63) is 69.0 Å². The zero-order valence-corrected chi connectivity index (χ0v) is 21.2. The summed E-state index contributed by atoms with van der Waals surface area (Å²) in [6, 6.07) is 9.36. The zero-order chi connectivity index (χ0) is 23.3. The number of aromatic amines is 2. The summed E-state index contributed by atoms with van der Waals surface area (Å²) in [4.78, 5) is 12.7. The third-order valence-corrected chi connectivity index (χ3v) is 8.08. The van der Waals surface area contributed by atoms with Crippen molar-refractivity contribution in [3.63, 3.8) is 0 Å². The van der Waals surface area contributed by atoms with Crippen molar-refractivity contribution in [3.8, 4) is 0 Å². The SMILES string of the molecule is Cc1cc2cc(CN3CCCN(Cc4cc5cc(C)c(C)c(C)c5[nH]4)CC3)[nH]c2c(C)c1C. The van der Waals surface area contributed by atoms with Gasteiger partial charge in [-0.3, -0.25) is 9.80 Å². The van der Waals surface area contributed by atoms with E-state index in [1.54, 1.807) is 0 Å². The summed E-state index contributed by atoms with van der Waals surface area (Å²) in [5.41, 5.74) is 13.6. The molecule has 2 aromatic carbocycles. The van der Waals surface area contributed by atoms with Crippen LogP contribution in [0.25, 0.3) is 21.8 Å². The van der Waals surface area contributed by atoms with Gasteiger partial charge >= 0.3 is 0 Å². The minimum Gasteiger partial charge on any atom is -0.357 e. The highest BCUT2D eigenvalue weighted by Gasteiger charge is 2.18. The number of hydrogen-bond donors (Lipinski definition) is 2. The van der Waals surface area contributed by atoms with Gasteiger partial charge in [-0.15, -0.1) is 0 Å². The first-order valence-electron chi connectivity index (χ1n) is 12.4. The number of benzene rings is 2. The van der Waals surface area contributed by atoms with E-state index in [2.05, 4.69) is 85.6 Å². The molecule has 0 spiro atoms. The fourth-order valence-electron chi connectivity index (χ4n) is 5.55. The number of fused-ring (bicyclic) bond motifs is 2. The molecule has 1 aliphatic heterocycles. The van der Waals surface area contributed by atoms with Gasteiger partial charge in [0.2, 0.25) is 0 Å². The Hall–Kier alpha value is -2.56. The standard InChI is InChI=1S/C29H38N4/c1-18-12-24-14-26(30-28(24)22(5)20(18)3)16-32-8-7-9-33(11-10-32)17-27-15-25-13-19(2)21(4)23(6)29(25)31-27/h12-15,30-31H,7-11,16-17H2,1-6H3. The van der Waals surface area contributed by atoms with Gasteiger partial charge in [0.25, 0.3) is 0 Å². The summed E-state index contributed by atoms with van der Waals surface area (Å²) < 4.78 is 0. The van der Waals surface area contributed by atoms with E-state index >= 15 is 0 Å². The third-order valence-electron chi connectivity index (χ3n) is 8.08. The van der Waals surface area contributed by atoms with Crippen LogP contribution in [0.1, 0.15) is 51.2 Å². The van der Waals surface area contributed by atoms with Crippen molar-refractivity contribution in [2.24, 2.45) is 0 Å². The lowest BCUT2D eigenvalue weighted by Gasteiger charge is -2.21. The molecule has 0 saturated carbocycles. The van der Waals surface area contributed by atoms with Crippen molar-refractivity contribution in [2.45, 2.75) is 61.1 Å². The molecule has 2 aromatic heterocycles. The molecule has 4 nitrogen and oxygen atoms in total. The largest absolute Gasteiger partial charge is 0.357 e. The van der Waals surface area contributed by atoms with E-state index in [1.807, 2.05) is 0 Å². The molecule has 0 unspecified atom stereocenters. The highest BCUT2D eigenvalue weighted by atomic mass is 15.2. The van der Waals surface area contributed by atoms with Gasteiger partial charge in [0.15, 0.2) is 0 Å². The topological polar surface area (TPSA) is 38.1 Å². The maximum absolute atomic E-state index is 3.72. The molecule has 0 atom stereocenters. The van der Waals surface area contributed by atoms with Gasteiger partial charge in [-0.2, -0.15) is 0 Å². The molecule has 3 heterocycles. The minimum absolute atomic E-state index is 1.00. The molecule has 4 aromatic rings. The summed E-state index contributed by atoms with van der Waals surface area (Å²) in [6.07, 6.45) is 1.22. The number of aryl methyl sites for hydroxylation is 4. The number of H-pyrrole nitrogens is 2. The lowest BCUT2D eigenvalue weighted by molar-refractivity contribution is 0.244. The van der Waals surface area contributed by atoms with Gasteiger partial charge in [0.05, 0.1) is 0 Å². The summed E-state index contributed by atoms with van der Waals surface area (Å²) in [5.74, 6) is 0. The Labute approximate surface area is 198 Å². The lowest BCUT2D eigenvalue weighted by Crippen LogP contribution is -2.30. The molecular weight excluding hydrogens is 404 g/mol. The van der Waals surface area contributed by atoms with E-state index in [-0.39, 0.29) is 0 Å². The number of nitrogens with zero attached hydrogens (tertiary/aromatic N) is 2. The van der Waals surface area contributed by atoms with Crippen LogP contribution < -0.4 is 0 Å². The van der Waals surface area contributed by atoms with Crippen LogP contribution in [-0.2, 0) is 13.1 Å². The molecule has 0 radical (unpaired) electrons. The summed E-state index contributed by atoms with van der Waals surface area (Å²) in [5, 5.41) is 2.70. The number of nitrogens with one attached hydrogen (secondary N) is 2. The second-order valence-electron chi connectivity index (χ2n) is 10.3. The second-order valence-corrected chi connectivity index (χ2v) is 10.3. The summed E-state index contributed by atoms with van der Waals surface area (Å²) in [7, 11) is 0. The van der Waals surface area contributed by atoms with E-state index < -0.39 is 0 Å². The van der Waals surface area contributed by atoms with Gasteiger partial charge in [-0.25, -0.2) is 0 Å². The lowest BCUT2D eigenvalue weighted by atomic mass is 10.0. The smallest absolute Gasteiger partial charge is 0.0489 e. The van der Waals surface area contributed by atoms with E-state index in [4.69, 9.17) is 0 Å². The van der Waals surface area contributed by atoms with Crippen molar-refractivity contribution in [1.82, 2.24) is 19.8 Å². The molecular formula is C29H38N4. The van der Waals surface area contributed by atoms with Gasteiger partial charge in [0, 0.05) is 59.4 Å². The Balaban J connectivity index is 1.26. The fraction of sp³-hybridized carbons (Fsp3) is 0.448. The Morgan fingerprint density at radius 1 is 0.576 bits per heavy atom. The first-order valence-corrected chi connectivity index (χ1v) is 12.4. The monoisotopic (exact) mass is 442 g/mol. The quantitative estimate of drug-likeness (QED) is 0.394. The van der Waals surface area contributed by atoms with Crippen LogP contribution in [0.15, 0.2) is 24.3 Å². The van der Waals surface area contributed by atoms with E-state index in [0.717, 1.165) is 39.3 Å². The van der Waals surface area contributed by atoms with Gasteiger partial charge < -0.3 is 9.97 Å².